The number of ether oxygens (including phenoxy) is 5. The van der Waals surface area contributed by atoms with E-state index in [1.54, 1.807) is 18.2 Å². The topological polar surface area (TPSA) is 83.5 Å². The summed E-state index contributed by atoms with van der Waals surface area (Å²) in [6.45, 7) is 4.97. The van der Waals surface area contributed by atoms with Crippen molar-refractivity contribution in [3.05, 3.63) is 78.4 Å². The molecule has 0 spiro atoms. The van der Waals surface area contributed by atoms with Gasteiger partial charge >= 0.3 is 5.97 Å². The third-order valence-electron chi connectivity index (χ3n) is 4.85. The van der Waals surface area contributed by atoms with Crippen LogP contribution in [0.5, 0.6) is 28.7 Å². The maximum Gasteiger partial charge on any atom is 0.333 e. The minimum atomic E-state index is -1.02. The number of hydrogen-bond acceptors (Lipinski definition) is 6. The lowest BCUT2D eigenvalue weighted by Gasteiger charge is -2.15. The van der Waals surface area contributed by atoms with E-state index in [0.717, 1.165) is 22.8 Å². The Labute approximate surface area is 207 Å². The molecule has 35 heavy (non-hydrogen) atoms. The van der Waals surface area contributed by atoms with Gasteiger partial charge in [-0.05, 0) is 48.0 Å². The van der Waals surface area contributed by atoms with Crippen molar-refractivity contribution in [2.24, 2.45) is 0 Å². The summed E-state index contributed by atoms with van der Waals surface area (Å²) < 4.78 is 27.7. The van der Waals surface area contributed by atoms with E-state index < -0.39 is 12.1 Å². The first-order valence-electron chi connectivity index (χ1n) is 11.6. The Bertz CT molecular complexity index is 1000. The van der Waals surface area contributed by atoms with Crippen LogP contribution in [0.2, 0.25) is 0 Å². The molecular weight excluding hydrogens is 448 g/mol. The number of methoxy groups -OCH3 is 2. The summed E-state index contributed by atoms with van der Waals surface area (Å²) in [5, 5.41) is 9.17. The molecule has 0 radical (unpaired) electrons. The molecule has 1 atom stereocenters. The molecule has 188 valence electrons. The number of carboxylic acids is 1. The van der Waals surface area contributed by atoms with Gasteiger partial charge in [0.25, 0.3) is 0 Å². The standard InChI is InChI=1S/C26H28O7.C2H6/c1-29-24-18-23(10-9-19(24)17-25(30-2)26(27)28)32-16-6-15-31-20-11-13-22(14-12-20)33-21-7-4-3-5-8-21;1-2/h3-5,7-14,18,25H,6,15-17H2,1-2H3,(H,27,28);1-2H3. The number of carbonyl (C=O) groups is 1. The molecule has 0 aliphatic heterocycles. The summed E-state index contributed by atoms with van der Waals surface area (Å²) in [5.74, 6) is 2.47. The van der Waals surface area contributed by atoms with Crippen molar-refractivity contribution < 1.29 is 33.6 Å². The number of benzene rings is 3. The van der Waals surface area contributed by atoms with E-state index in [1.807, 2.05) is 68.4 Å². The summed E-state index contributed by atoms with van der Waals surface area (Å²) >= 11 is 0. The van der Waals surface area contributed by atoms with Gasteiger partial charge in [-0.3, -0.25) is 0 Å². The average molecular weight is 483 g/mol. The normalized spacial score (nSPS) is 11.0. The molecular formula is C28H34O7. The molecule has 0 aromatic heterocycles. The molecule has 1 unspecified atom stereocenters. The molecule has 7 heteroatoms. The molecule has 0 saturated heterocycles. The second kappa shape index (κ2) is 15.2. The zero-order chi connectivity index (χ0) is 25.5. The summed E-state index contributed by atoms with van der Waals surface area (Å²) in [7, 11) is 2.91. The molecule has 3 aromatic carbocycles. The van der Waals surface area contributed by atoms with Crippen LogP contribution < -0.4 is 18.9 Å². The molecule has 0 aliphatic carbocycles. The smallest absolute Gasteiger partial charge is 0.333 e. The van der Waals surface area contributed by atoms with Gasteiger partial charge in [0.2, 0.25) is 0 Å². The molecule has 0 bridgehead atoms. The quantitative estimate of drug-likeness (QED) is 0.299. The minimum absolute atomic E-state index is 0.207. The van der Waals surface area contributed by atoms with Gasteiger partial charge in [-0.15, -0.1) is 0 Å². The van der Waals surface area contributed by atoms with Crippen molar-refractivity contribution in [3.63, 3.8) is 0 Å². The van der Waals surface area contributed by atoms with Gasteiger partial charge < -0.3 is 28.8 Å². The van der Waals surface area contributed by atoms with Crippen molar-refractivity contribution in [2.75, 3.05) is 27.4 Å². The first kappa shape index (κ1) is 27.5. The van der Waals surface area contributed by atoms with Gasteiger partial charge in [-0.25, -0.2) is 4.79 Å². The Kier molecular flexibility index (Phi) is 12.0. The number of hydrogen-bond donors (Lipinski definition) is 1. The summed E-state index contributed by atoms with van der Waals surface area (Å²) in [4.78, 5) is 11.2. The monoisotopic (exact) mass is 482 g/mol. The highest BCUT2D eigenvalue weighted by Crippen LogP contribution is 2.27. The van der Waals surface area contributed by atoms with Crippen molar-refractivity contribution in [2.45, 2.75) is 32.8 Å². The fraction of sp³-hybridized carbons (Fsp3) is 0.321. The molecule has 1 N–H and O–H groups in total. The van der Waals surface area contributed by atoms with Crippen LogP contribution >= 0.6 is 0 Å². The Morgan fingerprint density at radius 2 is 1.37 bits per heavy atom. The fourth-order valence-corrected chi connectivity index (χ4v) is 3.12. The molecule has 0 aliphatic rings. The van der Waals surface area contributed by atoms with E-state index in [9.17, 15) is 4.79 Å². The molecule has 0 amide bonds. The van der Waals surface area contributed by atoms with Gasteiger partial charge in [-0.2, -0.15) is 0 Å². The Hall–Kier alpha value is -3.71. The highest BCUT2D eigenvalue weighted by molar-refractivity contribution is 5.73. The molecule has 0 fully saturated rings. The van der Waals surface area contributed by atoms with E-state index in [0.29, 0.717) is 31.1 Å². The molecule has 3 aromatic rings. The van der Waals surface area contributed by atoms with Crippen LogP contribution in [0.25, 0.3) is 0 Å². The van der Waals surface area contributed by atoms with E-state index in [1.165, 1.54) is 14.2 Å². The van der Waals surface area contributed by atoms with Crippen molar-refractivity contribution in [1.82, 2.24) is 0 Å². The fourth-order valence-electron chi connectivity index (χ4n) is 3.12. The number of rotatable bonds is 13. The predicted molar refractivity (Wildman–Crippen MR) is 135 cm³/mol. The van der Waals surface area contributed by atoms with E-state index in [2.05, 4.69) is 0 Å². The van der Waals surface area contributed by atoms with Crippen LogP contribution in [-0.2, 0) is 16.0 Å². The second-order valence-electron chi connectivity index (χ2n) is 7.18. The highest BCUT2D eigenvalue weighted by atomic mass is 16.5. The molecule has 3 rings (SSSR count). The lowest BCUT2D eigenvalue weighted by Crippen LogP contribution is -2.25. The Balaban J connectivity index is 0.00000210. The van der Waals surface area contributed by atoms with Gasteiger partial charge in [0.15, 0.2) is 6.10 Å². The Morgan fingerprint density at radius 3 is 1.97 bits per heavy atom. The van der Waals surface area contributed by atoms with Crippen LogP contribution in [0.15, 0.2) is 72.8 Å². The number of carboxylic acid groups (broad SMARTS) is 1. The zero-order valence-corrected chi connectivity index (χ0v) is 20.7. The lowest BCUT2D eigenvalue weighted by molar-refractivity contribution is -0.148. The van der Waals surface area contributed by atoms with Gasteiger partial charge in [0.1, 0.15) is 28.7 Å². The SMILES string of the molecule is CC.COc1cc(OCCCOc2ccc(Oc3ccccc3)cc2)ccc1CC(OC)C(=O)O. The molecule has 0 heterocycles. The van der Waals surface area contributed by atoms with Crippen LogP contribution in [-0.4, -0.2) is 44.6 Å². The Morgan fingerprint density at radius 1 is 0.800 bits per heavy atom. The van der Waals surface area contributed by atoms with Gasteiger partial charge in [-0.1, -0.05) is 38.1 Å². The molecule has 7 nitrogen and oxygen atoms in total. The number of aliphatic carboxylic acids is 1. The van der Waals surface area contributed by atoms with Crippen LogP contribution in [0, 0.1) is 0 Å². The van der Waals surface area contributed by atoms with Crippen LogP contribution in [0.1, 0.15) is 25.8 Å². The number of para-hydroxylation sites is 1. The van der Waals surface area contributed by atoms with Crippen LogP contribution in [0.3, 0.4) is 0 Å². The summed E-state index contributed by atoms with van der Waals surface area (Å²) in [6, 6.07) is 22.4. The van der Waals surface area contributed by atoms with Crippen LogP contribution in [0.4, 0.5) is 0 Å². The first-order chi connectivity index (χ1) is 17.1. The van der Waals surface area contributed by atoms with E-state index >= 15 is 0 Å². The first-order valence-corrected chi connectivity index (χ1v) is 11.6. The largest absolute Gasteiger partial charge is 0.496 e. The molecule has 0 saturated carbocycles. The van der Waals surface area contributed by atoms with E-state index in [4.69, 9.17) is 28.8 Å². The van der Waals surface area contributed by atoms with Crippen molar-refractivity contribution >= 4 is 5.97 Å². The highest BCUT2D eigenvalue weighted by Gasteiger charge is 2.19. The van der Waals surface area contributed by atoms with Gasteiger partial charge in [0, 0.05) is 26.0 Å². The van der Waals surface area contributed by atoms with Crippen molar-refractivity contribution in [3.8, 4) is 28.7 Å². The minimum Gasteiger partial charge on any atom is -0.496 e. The second-order valence-corrected chi connectivity index (χ2v) is 7.18. The van der Waals surface area contributed by atoms with E-state index in [-0.39, 0.29) is 6.42 Å². The predicted octanol–water partition coefficient (Wildman–Crippen LogP) is 6.00. The zero-order valence-electron chi connectivity index (χ0n) is 20.7. The van der Waals surface area contributed by atoms with Gasteiger partial charge in [0.05, 0.1) is 20.3 Å². The third kappa shape index (κ3) is 9.22. The maximum absolute atomic E-state index is 11.2. The summed E-state index contributed by atoms with van der Waals surface area (Å²) in [6.07, 6.45) is -0.0307. The third-order valence-corrected chi connectivity index (χ3v) is 4.85. The van der Waals surface area contributed by atoms with Crippen molar-refractivity contribution in [1.29, 1.82) is 0 Å². The average Bonchev–Trinajstić information content (AvgIpc) is 2.90. The maximum atomic E-state index is 11.2. The lowest BCUT2D eigenvalue weighted by atomic mass is 10.1. The summed E-state index contributed by atoms with van der Waals surface area (Å²) in [5.41, 5.74) is 0.738.